The number of halogens is 2. The van der Waals surface area contributed by atoms with Crippen molar-refractivity contribution in [2.45, 2.75) is 30.8 Å². The lowest BCUT2D eigenvalue weighted by Gasteiger charge is -2.04. The number of esters is 1. The molecule has 2 unspecified atom stereocenters. The fourth-order valence-electron chi connectivity index (χ4n) is 1.90. The van der Waals surface area contributed by atoms with Crippen molar-refractivity contribution >= 4 is 17.6 Å². The van der Waals surface area contributed by atoms with E-state index in [4.69, 9.17) is 16.3 Å². The molecule has 1 aliphatic carbocycles. The average molecular weight is 271 g/mol. The van der Waals surface area contributed by atoms with Crippen LogP contribution in [0.1, 0.15) is 36.0 Å². The molecule has 2 rings (SSSR count). The van der Waals surface area contributed by atoms with Crippen molar-refractivity contribution in [1.29, 1.82) is 0 Å². The van der Waals surface area contributed by atoms with Crippen molar-refractivity contribution in [3.8, 4) is 0 Å². The molecule has 18 heavy (non-hydrogen) atoms. The van der Waals surface area contributed by atoms with Gasteiger partial charge < -0.3 is 4.74 Å². The summed E-state index contributed by atoms with van der Waals surface area (Å²) in [5.74, 6) is -0.316. The molecule has 4 heteroatoms. The molecular weight excluding hydrogens is 255 g/mol. The third kappa shape index (κ3) is 3.70. The van der Waals surface area contributed by atoms with E-state index in [0.29, 0.717) is 18.6 Å². The van der Waals surface area contributed by atoms with Gasteiger partial charge in [0.1, 0.15) is 0 Å². The molecule has 0 N–H and O–H groups in total. The molecule has 0 amide bonds. The van der Waals surface area contributed by atoms with Gasteiger partial charge in [-0.2, -0.15) is 0 Å². The molecular formula is C14H16ClFO2. The first-order valence-corrected chi connectivity index (χ1v) is 6.57. The highest BCUT2D eigenvalue weighted by molar-refractivity contribution is 6.24. The molecule has 0 bridgehead atoms. The molecule has 1 aromatic rings. The number of carbonyl (C=O) groups is 1. The smallest absolute Gasteiger partial charge is 0.338 e. The van der Waals surface area contributed by atoms with E-state index in [-0.39, 0.29) is 11.9 Å². The van der Waals surface area contributed by atoms with Crippen LogP contribution in [-0.4, -0.2) is 17.7 Å². The lowest BCUT2D eigenvalue weighted by Crippen LogP contribution is -2.06. The average Bonchev–Trinajstić information content (AvgIpc) is 2.97. The second kappa shape index (κ2) is 5.70. The molecule has 0 saturated heterocycles. The molecule has 0 spiro atoms. The van der Waals surface area contributed by atoms with Crippen LogP contribution in [0.2, 0.25) is 0 Å². The lowest BCUT2D eigenvalue weighted by atomic mass is 10.2. The molecule has 0 radical (unpaired) electrons. The highest BCUT2D eigenvalue weighted by atomic mass is 35.5. The Balaban J connectivity index is 1.57. The van der Waals surface area contributed by atoms with Crippen molar-refractivity contribution in [2.75, 3.05) is 6.61 Å². The monoisotopic (exact) mass is 270 g/mol. The second-order valence-electron chi connectivity index (χ2n) is 4.66. The van der Waals surface area contributed by atoms with Gasteiger partial charge in [-0.15, -0.1) is 0 Å². The van der Waals surface area contributed by atoms with E-state index in [0.717, 1.165) is 19.3 Å². The van der Waals surface area contributed by atoms with Crippen LogP contribution in [-0.2, 0) is 4.74 Å². The summed E-state index contributed by atoms with van der Waals surface area (Å²) in [5, 5.41) is -1.46. The summed E-state index contributed by atoms with van der Waals surface area (Å²) < 4.78 is 18.1. The zero-order chi connectivity index (χ0) is 13.0. The Hall–Kier alpha value is -1.09. The number of unbranched alkanes of at least 4 members (excludes halogenated alkanes) is 1. The van der Waals surface area contributed by atoms with E-state index in [1.807, 2.05) is 6.07 Å². The Kier molecular flexibility index (Phi) is 4.23. The van der Waals surface area contributed by atoms with Gasteiger partial charge in [-0.05, 0) is 31.4 Å². The third-order valence-electron chi connectivity index (χ3n) is 3.15. The van der Waals surface area contributed by atoms with Crippen LogP contribution in [0.25, 0.3) is 0 Å². The van der Waals surface area contributed by atoms with Gasteiger partial charge >= 0.3 is 5.97 Å². The van der Waals surface area contributed by atoms with E-state index in [1.54, 1.807) is 24.3 Å². The minimum absolute atomic E-state index is 0.0102. The highest BCUT2D eigenvalue weighted by Crippen LogP contribution is 2.53. The normalized spacial score (nSPS) is 25.8. The Labute approximate surface area is 111 Å². The highest BCUT2D eigenvalue weighted by Gasteiger charge is 2.53. The van der Waals surface area contributed by atoms with E-state index in [9.17, 15) is 9.18 Å². The Morgan fingerprint density at radius 2 is 2.06 bits per heavy atom. The molecule has 0 aliphatic heterocycles. The minimum atomic E-state index is -1.46. The van der Waals surface area contributed by atoms with Crippen LogP contribution in [0.5, 0.6) is 0 Å². The van der Waals surface area contributed by atoms with Crippen LogP contribution in [0.15, 0.2) is 30.3 Å². The zero-order valence-electron chi connectivity index (χ0n) is 10.1. The van der Waals surface area contributed by atoms with Crippen molar-refractivity contribution in [1.82, 2.24) is 0 Å². The molecule has 0 aromatic heterocycles. The fourth-order valence-corrected chi connectivity index (χ4v) is 2.19. The van der Waals surface area contributed by atoms with Gasteiger partial charge in [0.05, 0.1) is 12.2 Å². The first kappa shape index (κ1) is 13.3. The predicted octanol–water partition coefficient (Wildman–Crippen LogP) is 3.94. The van der Waals surface area contributed by atoms with Crippen molar-refractivity contribution in [2.24, 2.45) is 5.92 Å². The van der Waals surface area contributed by atoms with Gasteiger partial charge in [-0.25, -0.2) is 9.18 Å². The Morgan fingerprint density at radius 3 is 2.67 bits per heavy atom. The third-order valence-corrected chi connectivity index (χ3v) is 3.61. The van der Waals surface area contributed by atoms with Gasteiger partial charge in [-0.1, -0.05) is 29.8 Å². The number of hydrogen-bond acceptors (Lipinski definition) is 2. The van der Waals surface area contributed by atoms with Gasteiger partial charge in [0.15, 0.2) is 5.13 Å². The van der Waals surface area contributed by atoms with Crippen molar-refractivity contribution in [3.63, 3.8) is 0 Å². The van der Waals surface area contributed by atoms with Crippen LogP contribution < -0.4 is 0 Å². The van der Waals surface area contributed by atoms with E-state index in [2.05, 4.69) is 0 Å². The first-order valence-electron chi connectivity index (χ1n) is 6.19. The number of ether oxygens (including phenoxy) is 1. The quantitative estimate of drug-likeness (QED) is 0.445. The van der Waals surface area contributed by atoms with Gasteiger partial charge in [-0.3, -0.25) is 0 Å². The maximum Gasteiger partial charge on any atom is 0.338 e. The summed E-state index contributed by atoms with van der Waals surface area (Å²) in [5.41, 5.74) is 0.559. The lowest BCUT2D eigenvalue weighted by molar-refractivity contribution is 0.0497. The van der Waals surface area contributed by atoms with Crippen LogP contribution in [0.3, 0.4) is 0 Å². The van der Waals surface area contributed by atoms with Gasteiger partial charge in [0, 0.05) is 12.3 Å². The molecule has 1 aromatic carbocycles. The number of hydrogen-bond donors (Lipinski definition) is 0. The van der Waals surface area contributed by atoms with Crippen molar-refractivity contribution < 1.29 is 13.9 Å². The molecule has 1 aliphatic rings. The van der Waals surface area contributed by atoms with Crippen LogP contribution in [0.4, 0.5) is 4.39 Å². The Bertz CT molecular complexity index is 406. The molecule has 1 saturated carbocycles. The summed E-state index contributed by atoms with van der Waals surface area (Å²) in [7, 11) is 0. The predicted molar refractivity (Wildman–Crippen MR) is 68.4 cm³/mol. The van der Waals surface area contributed by atoms with Crippen molar-refractivity contribution in [3.05, 3.63) is 35.9 Å². The maximum atomic E-state index is 13.0. The molecule has 1 fully saturated rings. The number of rotatable bonds is 6. The second-order valence-corrected chi connectivity index (χ2v) is 5.29. The Morgan fingerprint density at radius 1 is 1.39 bits per heavy atom. The molecule has 2 atom stereocenters. The largest absolute Gasteiger partial charge is 0.462 e. The van der Waals surface area contributed by atoms with E-state index < -0.39 is 5.13 Å². The number of carbonyl (C=O) groups excluding carboxylic acids is 1. The maximum absolute atomic E-state index is 13.0. The van der Waals surface area contributed by atoms with Crippen LogP contribution >= 0.6 is 11.6 Å². The topological polar surface area (TPSA) is 26.3 Å². The standard InChI is InChI=1S/C14H16ClFO2/c15-14(16)10-12(14)8-4-5-9-18-13(17)11-6-2-1-3-7-11/h1-3,6-7,12H,4-5,8-10H2. The summed E-state index contributed by atoms with van der Waals surface area (Å²) in [6.45, 7) is 0.377. The van der Waals surface area contributed by atoms with Gasteiger partial charge in [0.25, 0.3) is 0 Å². The zero-order valence-corrected chi connectivity index (χ0v) is 10.8. The fraction of sp³-hybridized carbons (Fsp3) is 0.500. The number of alkyl halides is 2. The molecule has 98 valence electrons. The van der Waals surface area contributed by atoms with Gasteiger partial charge in [0.2, 0.25) is 0 Å². The first-order chi connectivity index (χ1) is 8.59. The summed E-state index contributed by atoms with van der Waals surface area (Å²) in [6, 6.07) is 8.88. The van der Waals surface area contributed by atoms with Crippen LogP contribution in [0, 0.1) is 5.92 Å². The SMILES string of the molecule is O=C(OCCCCC1CC1(F)Cl)c1ccccc1. The summed E-state index contributed by atoms with van der Waals surface area (Å²) in [6.07, 6.45) is 2.81. The van der Waals surface area contributed by atoms with E-state index in [1.165, 1.54) is 0 Å². The summed E-state index contributed by atoms with van der Waals surface area (Å²) >= 11 is 5.50. The number of benzene rings is 1. The van der Waals surface area contributed by atoms with E-state index >= 15 is 0 Å². The molecule has 2 nitrogen and oxygen atoms in total. The minimum Gasteiger partial charge on any atom is -0.462 e. The summed E-state index contributed by atoms with van der Waals surface area (Å²) in [4.78, 5) is 11.6. The molecule has 0 heterocycles.